The van der Waals surface area contributed by atoms with Crippen molar-refractivity contribution in [1.82, 2.24) is 0 Å². The van der Waals surface area contributed by atoms with Crippen LogP contribution >= 0.6 is 0 Å². The number of hydrogen-bond donors (Lipinski definition) is 3. The van der Waals surface area contributed by atoms with Crippen LogP contribution in [0.15, 0.2) is 0 Å². The number of hydrogen-bond acceptors (Lipinski definition) is 4. The lowest BCUT2D eigenvalue weighted by atomic mass is 9.85. The maximum Gasteiger partial charge on any atom is 0.113 e. The van der Waals surface area contributed by atoms with Gasteiger partial charge in [0.1, 0.15) is 12.2 Å². The van der Waals surface area contributed by atoms with Crippen molar-refractivity contribution in [2.24, 2.45) is 5.92 Å². The molecule has 2 aliphatic rings. The quantitative estimate of drug-likeness (QED) is 0.408. The Bertz CT molecular complexity index is 161. The van der Waals surface area contributed by atoms with Crippen LogP contribution in [0.2, 0.25) is 0 Å². The van der Waals surface area contributed by atoms with E-state index < -0.39 is 12.2 Å². The fourth-order valence-electron chi connectivity index (χ4n) is 1.74. The summed E-state index contributed by atoms with van der Waals surface area (Å²) in [6, 6.07) is 0. The molecule has 0 spiro atoms. The zero-order valence-electron chi connectivity index (χ0n) is 6.05. The van der Waals surface area contributed by atoms with Crippen LogP contribution in [0.1, 0.15) is 6.42 Å². The molecular weight excluding hydrogens is 148 g/mol. The molecule has 0 aromatic carbocycles. The summed E-state index contributed by atoms with van der Waals surface area (Å²) in [6.07, 6.45) is -1.05. The van der Waals surface area contributed by atoms with Crippen LogP contribution in [0.5, 0.6) is 0 Å². The molecule has 1 aliphatic heterocycles. The van der Waals surface area contributed by atoms with Crippen LogP contribution in [-0.2, 0) is 4.74 Å². The lowest BCUT2D eigenvalue weighted by Crippen LogP contribution is -2.43. The molecule has 1 heterocycles. The molecule has 1 aliphatic carbocycles. The number of epoxide rings is 1. The highest BCUT2D eigenvalue weighted by atomic mass is 16.6. The van der Waals surface area contributed by atoms with E-state index in [0.717, 1.165) is 0 Å². The van der Waals surface area contributed by atoms with Gasteiger partial charge in [0.05, 0.1) is 12.2 Å². The predicted octanol–water partition coefficient (Wildman–Crippen LogP) is -1.51. The van der Waals surface area contributed by atoms with Crippen molar-refractivity contribution < 1.29 is 20.1 Å². The molecule has 0 radical (unpaired) electrons. The third-order valence-corrected chi connectivity index (χ3v) is 2.56. The molecule has 2 fully saturated rings. The van der Waals surface area contributed by atoms with Crippen molar-refractivity contribution in [3.8, 4) is 0 Å². The lowest BCUT2D eigenvalue weighted by molar-refractivity contribution is -0.0507. The minimum Gasteiger partial charge on any atom is -0.396 e. The molecular formula is C7H12O4. The molecule has 4 nitrogen and oxygen atoms in total. The van der Waals surface area contributed by atoms with Crippen molar-refractivity contribution in [2.45, 2.75) is 30.8 Å². The number of aliphatic hydroxyl groups is 3. The standard InChI is InChI=1S/C7H12O4/c8-2-3-1-4-7(11-4)6(10)5(3)9/h3-10H,1-2H2/t3-,4-,5-,6+,7-/m1/s1. The van der Waals surface area contributed by atoms with E-state index in [1.165, 1.54) is 0 Å². The van der Waals surface area contributed by atoms with E-state index in [-0.39, 0.29) is 24.7 Å². The molecule has 2 rings (SSSR count). The minimum absolute atomic E-state index is 0.0746. The van der Waals surface area contributed by atoms with Gasteiger partial charge in [-0.25, -0.2) is 0 Å². The second kappa shape index (κ2) is 2.42. The number of ether oxygens (including phenoxy) is 1. The van der Waals surface area contributed by atoms with Crippen molar-refractivity contribution >= 4 is 0 Å². The van der Waals surface area contributed by atoms with Crippen LogP contribution in [0.4, 0.5) is 0 Å². The van der Waals surface area contributed by atoms with E-state index in [0.29, 0.717) is 6.42 Å². The summed E-state index contributed by atoms with van der Waals surface area (Å²) in [5, 5.41) is 27.4. The Labute approximate surface area is 64.4 Å². The number of rotatable bonds is 1. The highest BCUT2D eigenvalue weighted by Gasteiger charge is 2.54. The van der Waals surface area contributed by atoms with E-state index in [2.05, 4.69) is 0 Å². The van der Waals surface area contributed by atoms with Crippen molar-refractivity contribution in [3.63, 3.8) is 0 Å². The summed E-state index contributed by atoms with van der Waals surface area (Å²) in [7, 11) is 0. The normalized spacial score (nSPS) is 55.4. The molecule has 0 aromatic rings. The first-order chi connectivity index (χ1) is 5.24. The maximum absolute atomic E-state index is 9.34. The SMILES string of the molecule is OC[C@H]1C[C@H]2O[C@H]2[C@@H](O)[C@@H]1O. The Balaban J connectivity index is 2.03. The summed E-state index contributed by atoms with van der Waals surface area (Å²) in [4.78, 5) is 0. The average Bonchev–Trinajstić information content (AvgIpc) is 2.75. The van der Waals surface area contributed by atoms with Gasteiger partial charge in [0.25, 0.3) is 0 Å². The topological polar surface area (TPSA) is 73.2 Å². The molecule has 3 N–H and O–H groups in total. The van der Waals surface area contributed by atoms with Gasteiger partial charge in [0.2, 0.25) is 0 Å². The Morgan fingerprint density at radius 3 is 2.64 bits per heavy atom. The summed E-state index contributed by atoms with van der Waals surface area (Å²) in [6.45, 7) is -0.0786. The van der Waals surface area contributed by atoms with E-state index in [1.807, 2.05) is 0 Å². The molecule has 1 saturated carbocycles. The molecule has 4 heteroatoms. The number of aliphatic hydroxyl groups excluding tert-OH is 3. The van der Waals surface area contributed by atoms with E-state index >= 15 is 0 Å². The highest BCUT2D eigenvalue weighted by Crippen LogP contribution is 2.39. The highest BCUT2D eigenvalue weighted by molar-refractivity contribution is 5.02. The number of fused-ring (bicyclic) bond motifs is 1. The fourth-order valence-corrected chi connectivity index (χ4v) is 1.74. The van der Waals surface area contributed by atoms with Crippen LogP contribution in [0.3, 0.4) is 0 Å². The van der Waals surface area contributed by atoms with Crippen molar-refractivity contribution in [3.05, 3.63) is 0 Å². The summed E-state index contributed by atoms with van der Waals surface area (Å²) < 4.78 is 5.07. The zero-order chi connectivity index (χ0) is 8.01. The van der Waals surface area contributed by atoms with Gasteiger partial charge in [0.15, 0.2) is 0 Å². The molecule has 11 heavy (non-hydrogen) atoms. The summed E-state index contributed by atoms with van der Waals surface area (Å²) in [5.41, 5.74) is 0. The van der Waals surface area contributed by atoms with Crippen molar-refractivity contribution in [2.75, 3.05) is 6.61 Å². The van der Waals surface area contributed by atoms with Gasteiger partial charge in [-0.05, 0) is 6.42 Å². The van der Waals surface area contributed by atoms with Gasteiger partial charge in [-0.2, -0.15) is 0 Å². The van der Waals surface area contributed by atoms with Gasteiger partial charge < -0.3 is 20.1 Å². The van der Waals surface area contributed by atoms with Gasteiger partial charge in [0, 0.05) is 12.5 Å². The molecule has 0 bridgehead atoms. The Morgan fingerprint density at radius 1 is 1.27 bits per heavy atom. The minimum atomic E-state index is -0.816. The van der Waals surface area contributed by atoms with Gasteiger partial charge in [-0.15, -0.1) is 0 Å². The van der Waals surface area contributed by atoms with Gasteiger partial charge >= 0.3 is 0 Å². The molecule has 64 valence electrons. The second-order valence-corrected chi connectivity index (χ2v) is 3.30. The van der Waals surface area contributed by atoms with Crippen LogP contribution < -0.4 is 0 Å². The Hall–Kier alpha value is -0.160. The first-order valence-corrected chi connectivity index (χ1v) is 3.86. The van der Waals surface area contributed by atoms with E-state index in [4.69, 9.17) is 9.84 Å². The molecule has 0 aromatic heterocycles. The first kappa shape index (κ1) is 7.49. The smallest absolute Gasteiger partial charge is 0.113 e. The third kappa shape index (κ3) is 1.06. The maximum atomic E-state index is 9.34. The molecule has 0 amide bonds. The van der Waals surface area contributed by atoms with E-state index in [1.54, 1.807) is 0 Å². The third-order valence-electron chi connectivity index (χ3n) is 2.56. The second-order valence-electron chi connectivity index (χ2n) is 3.30. The summed E-state index contributed by atoms with van der Waals surface area (Å²) in [5.74, 6) is -0.214. The van der Waals surface area contributed by atoms with Gasteiger partial charge in [-0.1, -0.05) is 0 Å². The van der Waals surface area contributed by atoms with E-state index in [9.17, 15) is 10.2 Å². The first-order valence-electron chi connectivity index (χ1n) is 3.86. The van der Waals surface area contributed by atoms with Crippen LogP contribution in [0, 0.1) is 5.92 Å². The molecule has 1 saturated heterocycles. The van der Waals surface area contributed by atoms with Crippen LogP contribution in [0.25, 0.3) is 0 Å². The zero-order valence-corrected chi connectivity index (χ0v) is 6.05. The lowest BCUT2D eigenvalue weighted by Gasteiger charge is -2.27. The molecule has 5 atom stereocenters. The Kier molecular flexibility index (Phi) is 1.64. The monoisotopic (exact) mass is 160 g/mol. The fraction of sp³-hybridized carbons (Fsp3) is 1.00. The largest absolute Gasteiger partial charge is 0.396 e. The van der Waals surface area contributed by atoms with Crippen molar-refractivity contribution in [1.29, 1.82) is 0 Å². The Morgan fingerprint density at radius 2 is 2.00 bits per heavy atom. The van der Waals surface area contributed by atoms with Gasteiger partial charge in [-0.3, -0.25) is 0 Å². The predicted molar refractivity (Wildman–Crippen MR) is 35.9 cm³/mol. The molecule has 0 unspecified atom stereocenters. The van der Waals surface area contributed by atoms with Crippen LogP contribution in [-0.4, -0.2) is 46.3 Å². The average molecular weight is 160 g/mol. The summed E-state index contributed by atoms with van der Waals surface area (Å²) >= 11 is 0.